The fourth-order valence-corrected chi connectivity index (χ4v) is 17.4. The van der Waals surface area contributed by atoms with E-state index in [2.05, 4.69) is 40.9 Å². The second kappa shape index (κ2) is 47.9. The Balaban J connectivity index is 0.630. The van der Waals surface area contributed by atoms with Crippen LogP contribution in [0.4, 0.5) is 22.6 Å². The number of piperidine rings is 1. The molecule has 5 amide bonds. The average Bonchev–Trinajstić information content (AvgIpc) is 1.33. The zero-order valence-electron chi connectivity index (χ0n) is 75.1. The number of ketones is 2. The van der Waals surface area contributed by atoms with Gasteiger partial charge in [0.05, 0.1) is 69.3 Å². The number of esters is 1. The number of ether oxygens (including phenoxy) is 9. The minimum Gasteiger partial charge on any atom is -0.460 e. The molecule has 4 fully saturated rings. The standard InChI is InChI=1S/C90H132N16O20/c1-55-20-14-13-15-21-56(2)70(117-9)47-65-26-23-61(7)90(116,126-65)82(112)85(113)105-32-18-16-22-67(105)86(114)123-72(48-71(118-10)57(3)43-60(6)80(111)81(120-12)79(110)59(5)42-55)58(4)44-62-24-27-69(73(45-62)119-11)125-89(115)97-51-63-49-95-88(96-50-63)104-36-34-103(35-37-104)76(109)53-102(8)52-75(108)94-31-39-122-41-40-121-38-29-74(107)93-30-17-19-33-106-84-77(83(91)98-54-99-84)78(101-106)64-25-28-68-66(46-64)100-87(92)124-68/h13-15,20-21,25,28,43,46,49-50,54-55,57-59,61-62,65,67,69-73,80-81,111,116H,16-19,22-24,26-27,29-42,44-45,47-48,51-53H2,1-12H3,(H2,92,100)(H,93,107)(H,94,108)(H,97,115)(H2,91,98,99)/b15-13+,20-14+,56-21+,60-43+/t55-,57-,58-,59-,61-,62+,65+,67?,69-,70+,71-,72+,73-,80-,81+,90-/m1/s1. The molecule has 9 N–H and O–H groups in total. The van der Waals surface area contributed by atoms with Crippen molar-refractivity contribution in [2.24, 2.45) is 35.5 Å². The number of unbranched alkanes of at least 4 members (excludes halogenated alkanes) is 1. The second-order valence-corrected chi connectivity index (χ2v) is 34.3. The number of aryl methyl sites for hydroxylation is 1. The number of fused-ring (bicyclic) bond motifs is 5. The second-order valence-electron chi connectivity index (χ2n) is 34.3. The Morgan fingerprint density at radius 2 is 1.50 bits per heavy atom. The number of hydrogen-bond acceptors (Lipinski definition) is 30. The van der Waals surface area contributed by atoms with Crippen molar-refractivity contribution in [3.63, 3.8) is 0 Å². The van der Waals surface area contributed by atoms with Crippen LogP contribution < -0.4 is 32.3 Å². The molecule has 0 radical (unpaired) electrons. The van der Waals surface area contributed by atoms with Crippen molar-refractivity contribution in [1.29, 1.82) is 0 Å². The monoisotopic (exact) mass is 1760 g/mol. The molecule has 36 nitrogen and oxygen atoms in total. The van der Waals surface area contributed by atoms with Gasteiger partial charge < -0.3 is 99.4 Å². The van der Waals surface area contributed by atoms with Gasteiger partial charge in [-0.2, -0.15) is 10.1 Å². The molecule has 692 valence electrons. The predicted molar refractivity (Wildman–Crippen MR) is 469 cm³/mol. The van der Waals surface area contributed by atoms with Crippen molar-refractivity contribution in [2.45, 2.75) is 219 Å². The van der Waals surface area contributed by atoms with E-state index >= 15 is 0 Å². The molecule has 1 unspecified atom stereocenters. The molecular formula is C90H132N16O20. The molecule has 3 saturated heterocycles. The van der Waals surface area contributed by atoms with Gasteiger partial charge in [-0.1, -0.05) is 71.1 Å². The fourth-order valence-electron chi connectivity index (χ4n) is 17.4. The van der Waals surface area contributed by atoms with E-state index in [4.69, 9.17) is 63.6 Å². The van der Waals surface area contributed by atoms with Crippen molar-refractivity contribution in [3.8, 4) is 11.3 Å². The Bertz CT molecular complexity index is 4570. The summed E-state index contributed by atoms with van der Waals surface area (Å²) in [7, 11) is 7.83. The third kappa shape index (κ3) is 27.2. The molecule has 1 aliphatic carbocycles. The van der Waals surface area contributed by atoms with Gasteiger partial charge in [0, 0.05) is 148 Å². The van der Waals surface area contributed by atoms with Gasteiger partial charge in [0.25, 0.3) is 17.7 Å². The summed E-state index contributed by atoms with van der Waals surface area (Å²) in [4.78, 5) is 139. The maximum absolute atomic E-state index is 15.0. The SMILES string of the molecule is CO[C@H]1C[C@@H]2CC[C@@H](C)[C@@](O)(O2)C(=O)C(=O)N2CCCCC2C(=O)O[C@H]([C@H](C)C[C@@H]2CC[C@@H](OC(=O)NCc3cnc(N4CCN(C(=O)CN(C)CC(=O)NCCOCCOCCC(=O)NCCCCn5nc(-c6ccc7oc(N)nc7c6)c6c(N)ncnc65)CC4)nc3)[C@H](OC)C2)C[C@@H](OC)[C@H](C)/C=C(\C)[C@@H](O)[C@@H](OC)C(=O)[C@H](C)C[C@H](C)/C=C/C=C/C=C/1C. The van der Waals surface area contributed by atoms with Gasteiger partial charge in [-0.15, -0.1) is 0 Å². The van der Waals surface area contributed by atoms with Gasteiger partial charge >= 0.3 is 12.1 Å². The van der Waals surface area contributed by atoms with E-state index in [1.165, 1.54) is 18.3 Å². The number of carbonyl (C=O) groups is 8. The summed E-state index contributed by atoms with van der Waals surface area (Å²) >= 11 is 0. The number of rotatable bonds is 30. The number of oxazole rings is 1. The highest BCUT2D eigenvalue weighted by molar-refractivity contribution is 6.39. The molecular weight excluding hydrogens is 1630 g/mol. The van der Waals surface area contributed by atoms with E-state index in [1.54, 1.807) is 75.2 Å². The molecule has 0 spiro atoms. The molecule has 5 aromatic rings. The molecule has 8 heterocycles. The van der Waals surface area contributed by atoms with Crippen LogP contribution in [0.25, 0.3) is 33.4 Å². The highest BCUT2D eigenvalue weighted by atomic mass is 16.6. The molecule has 1 saturated carbocycles. The van der Waals surface area contributed by atoms with Crippen LogP contribution in [-0.2, 0) is 89.3 Å². The minimum atomic E-state index is -2.47. The maximum atomic E-state index is 15.0. The van der Waals surface area contributed by atoms with E-state index in [9.17, 15) is 48.6 Å². The number of aromatic nitrogens is 7. The van der Waals surface area contributed by atoms with Crippen LogP contribution in [-0.4, -0.2) is 288 Å². The summed E-state index contributed by atoms with van der Waals surface area (Å²) in [6.45, 7) is 17.4. The number of nitrogens with two attached hydrogens (primary N) is 2. The number of alkyl carbamates (subject to hydrolysis) is 1. The van der Waals surface area contributed by atoms with Crippen molar-refractivity contribution >= 4 is 87.2 Å². The Kier molecular flexibility index (Phi) is 37.4. The number of amides is 5. The molecule has 4 aliphatic heterocycles. The summed E-state index contributed by atoms with van der Waals surface area (Å²) in [5.41, 5.74) is 17.1. The normalized spacial score (nSPS) is 27.8. The Morgan fingerprint density at radius 1 is 0.754 bits per heavy atom. The molecule has 5 aliphatic rings. The average molecular weight is 1760 g/mol. The highest BCUT2D eigenvalue weighted by Gasteiger charge is 2.53. The lowest BCUT2D eigenvalue weighted by Crippen LogP contribution is -2.61. The van der Waals surface area contributed by atoms with Crippen molar-refractivity contribution in [3.05, 3.63) is 90.1 Å². The van der Waals surface area contributed by atoms with E-state index in [0.29, 0.717) is 167 Å². The number of hydrogen-bond donors (Lipinski definition) is 7. The minimum absolute atomic E-state index is 0.000525. The highest BCUT2D eigenvalue weighted by Crippen LogP contribution is 2.40. The van der Waals surface area contributed by atoms with Crippen LogP contribution in [0.5, 0.6) is 0 Å². The van der Waals surface area contributed by atoms with Crippen molar-refractivity contribution < 1.29 is 95.6 Å². The zero-order valence-corrected chi connectivity index (χ0v) is 75.1. The number of likely N-dealkylation sites (N-methyl/N-ethyl adjacent to an activating group) is 1. The Morgan fingerprint density at radius 3 is 2.24 bits per heavy atom. The summed E-state index contributed by atoms with van der Waals surface area (Å²) in [5, 5.41) is 38.0. The number of nitrogens with one attached hydrogen (secondary N) is 3. The number of cyclic esters (lactones) is 1. The number of benzene rings is 1. The van der Waals surface area contributed by atoms with E-state index in [-0.39, 0.29) is 126 Å². The lowest BCUT2D eigenvalue weighted by atomic mass is 9.78. The van der Waals surface area contributed by atoms with Gasteiger partial charge in [-0.25, -0.2) is 34.2 Å². The number of nitrogens with zero attached hydrogens (tertiary/aromatic N) is 11. The smallest absolute Gasteiger partial charge is 0.407 e. The molecule has 10 rings (SSSR count). The van der Waals surface area contributed by atoms with Crippen LogP contribution in [0.15, 0.2) is 88.9 Å². The van der Waals surface area contributed by atoms with Gasteiger partial charge in [-0.05, 0) is 145 Å². The first-order chi connectivity index (χ1) is 60.5. The Labute approximate surface area is 737 Å². The summed E-state index contributed by atoms with van der Waals surface area (Å²) in [5.74, 6) is -7.24. The van der Waals surface area contributed by atoms with E-state index in [0.717, 1.165) is 11.1 Å². The number of aliphatic hydroxyl groups is 2. The number of carbonyl (C=O) groups excluding carboxylic acids is 8. The van der Waals surface area contributed by atoms with Crippen LogP contribution in [0, 0.1) is 35.5 Å². The van der Waals surface area contributed by atoms with Gasteiger partial charge in [0.2, 0.25) is 29.5 Å². The molecule has 16 atom stereocenters. The lowest BCUT2D eigenvalue weighted by Gasteiger charge is -2.43. The number of nitrogen functional groups attached to an aromatic ring is 2. The molecule has 1 aromatic carbocycles. The predicted octanol–water partition coefficient (Wildman–Crippen LogP) is 7.18. The van der Waals surface area contributed by atoms with Crippen LogP contribution >= 0.6 is 0 Å². The summed E-state index contributed by atoms with van der Waals surface area (Å²) < 4.78 is 61.2. The number of Topliss-reactive ketones (excluding diaryl/α,β-unsaturated/α-hetero) is 2. The topological polar surface area (TPSA) is 457 Å². The number of aliphatic hydroxyl groups excluding tert-OH is 1. The number of methoxy groups -OCH3 is 4. The third-order valence-corrected chi connectivity index (χ3v) is 24.8. The summed E-state index contributed by atoms with van der Waals surface area (Å²) in [6.07, 6.45) is 16.3. The van der Waals surface area contributed by atoms with E-state index in [1.807, 2.05) is 88.1 Å². The fraction of sp³-hybridized carbons (Fsp3) is 0.644. The van der Waals surface area contributed by atoms with E-state index < -0.39 is 102 Å². The van der Waals surface area contributed by atoms with Gasteiger partial charge in [0.15, 0.2) is 17.0 Å². The molecule has 36 heteroatoms. The third-order valence-electron chi connectivity index (χ3n) is 24.8. The van der Waals surface area contributed by atoms with Gasteiger partial charge in [-0.3, -0.25) is 33.7 Å². The molecule has 2 bridgehead atoms. The number of allylic oxidation sites excluding steroid dienone is 5. The molecule has 126 heavy (non-hydrogen) atoms. The molecule has 4 aromatic heterocycles. The lowest BCUT2D eigenvalue weighted by molar-refractivity contribution is -0.265. The van der Waals surface area contributed by atoms with Crippen LogP contribution in [0.2, 0.25) is 0 Å². The maximum Gasteiger partial charge on any atom is 0.407 e. The number of piperazine rings is 1. The quantitative estimate of drug-likeness (QED) is 0.0104. The summed E-state index contributed by atoms with van der Waals surface area (Å²) in [6, 6.07) is 4.37. The first kappa shape index (κ1) is 98.4. The first-order valence-electron chi connectivity index (χ1n) is 44.3. The zero-order chi connectivity index (χ0) is 90.7. The van der Waals surface area contributed by atoms with Crippen LogP contribution in [0.3, 0.4) is 0 Å². The number of anilines is 3. The Hall–Kier alpha value is -9.76. The largest absolute Gasteiger partial charge is 0.460 e. The van der Waals surface area contributed by atoms with Gasteiger partial charge in [0.1, 0.15) is 53.8 Å². The van der Waals surface area contributed by atoms with Crippen LogP contribution in [0.1, 0.15) is 150 Å². The van der Waals surface area contributed by atoms with Crippen molar-refractivity contribution in [2.75, 3.05) is 137 Å². The van der Waals surface area contributed by atoms with Crippen molar-refractivity contribution in [1.82, 2.24) is 65.4 Å². The first-order valence-corrected chi connectivity index (χ1v) is 44.3.